The molecule has 0 aromatic heterocycles. The van der Waals surface area contributed by atoms with E-state index in [4.69, 9.17) is 11.6 Å². The van der Waals surface area contributed by atoms with E-state index >= 15 is 0 Å². The third-order valence-electron chi connectivity index (χ3n) is 4.70. The zero-order valence-electron chi connectivity index (χ0n) is 13.1. The van der Waals surface area contributed by atoms with Crippen LogP contribution < -0.4 is 4.90 Å². The van der Waals surface area contributed by atoms with Gasteiger partial charge in [-0.1, -0.05) is 11.6 Å². The largest absolute Gasteiger partial charge is 0.341 e. The molecule has 0 atom stereocenters. The van der Waals surface area contributed by atoms with E-state index < -0.39 is 5.41 Å². The van der Waals surface area contributed by atoms with Gasteiger partial charge in [-0.15, -0.1) is 0 Å². The third-order valence-corrected chi connectivity index (χ3v) is 4.94. The van der Waals surface area contributed by atoms with Gasteiger partial charge in [0.15, 0.2) is 0 Å². The molecule has 0 saturated carbocycles. The Bertz CT molecular complexity index is 621. The third kappa shape index (κ3) is 2.50. The highest BCUT2D eigenvalue weighted by atomic mass is 35.5. The van der Waals surface area contributed by atoms with Gasteiger partial charge in [0.2, 0.25) is 11.8 Å². The average molecular weight is 321 g/mol. The van der Waals surface area contributed by atoms with Gasteiger partial charge >= 0.3 is 0 Å². The number of halogens is 1. The van der Waals surface area contributed by atoms with E-state index in [1.807, 2.05) is 30.9 Å². The molecule has 1 fully saturated rings. The maximum Gasteiger partial charge on any atom is 0.242 e. The molecule has 2 aliphatic rings. The SMILES string of the molecule is CC1(C)C(=O)N(CC(=O)N2CCCCC2)c2ccc(Cl)cc21. The molecule has 0 bridgehead atoms. The zero-order chi connectivity index (χ0) is 15.9. The number of piperidine rings is 1. The molecule has 1 saturated heterocycles. The molecule has 0 radical (unpaired) electrons. The summed E-state index contributed by atoms with van der Waals surface area (Å²) in [4.78, 5) is 28.7. The van der Waals surface area contributed by atoms with E-state index in [1.165, 1.54) is 6.42 Å². The van der Waals surface area contributed by atoms with Gasteiger partial charge in [-0.3, -0.25) is 9.59 Å². The van der Waals surface area contributed by atoms with Crippen LogP contribution in [0.1, 0.15) is 38.7 Å². The molecule has 0 N–H and O–H groups in total. The van der Waals surface area contributed by atoms with Crippen molar-refractivity contribution in [2.75, 3.05) is 24.5 Å². The van der Waals surface area contributed by atoms with Gasteiger partial charge in [0.05, 0.1) is 5.41 Å². The predicted molar refractivity (Wildman–Crippen MR) is 87.3 cm³/mol. The topological polar surface area (TPSA) is 40.6 Å². The fourth-order valence-corrected chi connectivity index (χ4v) is 3.51. The minimum absolute atomic E-state index is 0.0323. The van der Waals surface area contributed by atoms with Crippen molar-refractivity contribution in [3.8, 4) is 0 Å². The van der Waals surface area contributed by atoms with Gasteiger partial charge in [-0.2, -0.15) is 0 Å². The highest BCUT2D eigenvalue weighted by Crippen LogP contribution is 2.42. The molecule has 2 amide bonds. The molecular weight excluding hydrogens is 300 g/mol. The Morgan fingerprint density at radius 2 is 1.91 bits per heavy atom. The van der Waals surface area contributed by atoms with Crippen molar-refractivity contribution in [1.29, 1.82) is 0 Å². The van der Waals surface area contributed by atoms with Gasteiger partial charge in [0, 0.05) is 23.8 Å². The lowest BCUT2D eigenvalue weighted by Crippen LogP contribution is -2.45. The molecule has 0 aliphatic carbocycles. The van der Waals surface area contributed by atoms with Crippen molar-refractivity contribution < 1.29 is 9.59 Å². The molecule has 22 heavy (non-hydrogen) atoms. The summed E-state index contributed by atoms with van der Waals surface area (Å²) in [6.07, 6.45) is 3.29. The molecule has 4 nitrogen and oxygen atoms in total. The van der Waals surface area contributed by atoms with Gasteiger partial charge in [0.1, 0.15) is 6.54 Å². The number of likely N-dealkylation sites (tertiary alicyclic amines) is 1. The monoisotopic (exact) mass is 320 g/mol. The molecule has 3 rings (SSSR count). The Balaban J connectivity index is 1.85. The molecule has 0 unspecified atom stereocenters. The van der Waals surface area contributed by atoms with Crippen molar-refractivity contribution in [3.05, 3.63) is 28.8 Å². The number of anilines is 1. The summed E-state index contributed by atoms with van der Waals surface area (Å²) in [6, 6.07) is 5.45. The van der Waals surface area contributed by atoms with E-state index in [9.17, 15) is 9.59 Å². The van der Waals surface area contributed by atoms with Crippen LogP contribution in [0.3, 0.4) is 0 Å². The van der Waals surface area contributed by atoms with Crippen molar-refractivity contribution in [2.24, 2.45) is 0 Å². The normalized spacial score (nSPS) is 20.2. The van der Waals surface area contributed by atoms with Crippen molar-refractivity contribution >= 4 is 29.1 Å². The number of fused-ring (bicyclic) bond motifs is 1. The van der Waals surface area contributed by atoms with Crippen LogP contribution in [-0.2, 0) is 15.0 Å². The zero-order valence-corrected chi connectivity index (χ0v) is 13.8. The van der Waals surface area contributed by atoms with Crippen LogP contribution in [0, 0.1) is 0 Å². The first-order valence-corrected chi connectivity index (χ1v) is 8.19. The first-order chi connectivity index (χ1) is 10.4. The summed E-state index contributed by atoms with van der Waals surface area (Å²) >= 11 is 6.07. The molecule has 0 spiro atoms. The summed E-state index contributed by atoms with van der Waals surface area (Å²) in [7, 11) is 0. The van der Waals surface area contributed by atoms with E-state index in [-0.39, 0.29) is 18.4 Å². The number of carbonyl (C=O) groups is 2. The number of rotatable bonds is 2. The Hall–Kier alpha value is -1.55. The lowest BCUT2D eigenvalue weighted by Gasteiger charge is -2.29. The standard InChI is InChI=1S/C17H21ClN2O2/c1-17(2)13-10-12(18)6-7-14(13)20(16(17)22)11-15(21)19-8-4-3-5-9-19/h6-7,10H,3-5,8-9,11H2,1-2H3. The molecule has 118 valence electrons. The van der Waals surface area contributed by atoms with Crippen LogP contribution in [0.25, 0.3) is 0 Å². The highest BCUT2D eigenvalue weighted by Gasteiger charge is 2.44. The number of hydrogen-bond acceptors (Lipinski definition) is 2. The number of nitrogens with zero attached hydrogens (tertiary/aromatic N) is 2. The predicted octanol–water partition coefficient (Wildman–Crippen LogP) is 2.98. The van der Waals surface area contributed by atoms with Crippen molar-refractivity contribution in [3.63, 3.8) is 0 Å². The second kappa shape index (κ2) is 5.58. The second-order valence-corrected chi connectivity index (χ2v) is 7.06. The van der Waals surface area contributed by atoms with E-state index in [0.717, 1.165) is 37.2 Å². The van der Waals surface area contributed by atoms with E-state index in [2.05, 4.69) is 0 Å². The Morgan fingerprint density at radius 3 is 2.59 bits per heavy atom. The number of amides is 2. The summed E-state index contributed by atoms with van der Waals surface area (Å²) in [5, 5.41) is 0.615. The maximum atomic E-state index is 12.7. The van der Waals surface area contributed by atoms with Gasteiger partial charge < -0.3 is 9.80 Å². The minimum Gasteiger partial charge on any atom is -0.341 e. The fraction of sp³-hybridized carbons (Fsp3) is 0.529. The molecule has 1 aromatic carbocycles. The van der Waals surface area contributed by atoms with E-state index in [0.29, 0.717) is 5.02 Å². The highest BCUT2D eigenvalue weighted by molar-refractivity contribution is 6.31. The first kappa shape index (κ1) is 15.3. The van der Waals surface area contributed by atoms with Crippen LogP contribution in [-0.4, -0.2) is 36.3 Å². The Labute approximate surface area is 136 Å². The maximum absolute atomic E-state index is 12.7. The van der Waals surface area contributed by atoms with Crippen LogP contribution >= 0.6 is 11.6 Å². The molecule has 2 heterocycles. The van der Waals surface area contributed by atoms with Gasteiger partial charge in [-0.25, -0.2) is 0 Å². The number of carbonyl (C=O) groups excluding carboxylic acids is 2. The van der Waals surface area contributed by atoms with Crippen LogP contribution in [0.15, 0.2) is 18.2 Å². The lowest BCUT2D eigenvalue weighted by molar-refractivity contribution is -0.132. The molecular formula is C17H21ClN2O2. The lowest BCUT2D eigenvalue weighted by atomic mass is 9.86. The second-order valence-electron chi connectivity index (χ2n) is 6.62. The van der Waals surface area contributed by atoms with E-state index in [1.54, 1.807) is 11.0 Å². The Kier molecular flexibility index (Phi) is 3.89. The summed E-state index contributed by atoms with van der Waals surface area (Å²) in [5.41, 5.74) is 1.07. The summed E-state index contributed by atoms with van der Waals surface area (Å²) in [5.74, 6) is 0.00164. The summed E-state index contributed by atoms with van der Waals surface area (Å²) < 4.78 is 0. The van der Waals surface area contributed by atoms with Gasteiger partial charge in [-0.05, 0) is 56.9 Å². The molecule has 5 heteroatoms. The smallest absolute Gasteiger partial charge is 0.242 e. The quantitative estimate of drug-likeness (QED) is 0.840. The fourth-order valence-electron chi connectivity index (χ4n) is 3.34. The Morgan fingerprint density at radius 1 is 1.23 bits per heavy atom. The van der Waals surface area contributed by atoms with Gasteiger partial charge in [0.25, 0.3) is 0 Å². The minimum atomic E-state index is -0.636. The van der Waals surface area contributed by atoms with Crippen molar-refractivity contribution in [1.82, 2.24) is 4.90 Å². The van der Waals surface area contributed by atoms with Crippen LogP contribution in [0.2, 0.25) is 5.02 Å². The molecule has 2 aliphatic heterocycles. The number of hydrogen-bond donors (Lipinski definition) is 0. The number of benzene rings is 1. The first-order valence-electron chi connectivity index (χ1n) is 7.81. The van der Waals surface area contributed by atoms with Crippen LogP contribution in [0.5, 0.6) is 0 Å². The average Bonchev–Trinajstić information content (AvgIpc) is 2.69. The summed E-state index contributed by atoms with van der Waals surface area (Å²) in [6.45, 7) is 5.50. The molecule has 1 aromatic rings. The van der Waals surface area contributed by atoms with Crippen LogP contribution in [0.4, 0.5) is 5.69 Å². The van der Waals surface area contributed by atoms with Crippen molar-refractivity contribution in [2.45, 2.75) is 38.5 Å².